The molecule has 0 amide bonds. The number of benzene rings is 2. The third-order valence-electron chi connectivity index (χ3n) is 10.9. The third-order valence-corrected chi connectivity index (χ3v) is 10.9. The molecule has 3 atom stereocenters. The first kappa shape index (κ1) is 35.6. The second kappa shape index (κ2) is 14.1. The lowest BCUT2D eigenvalue weighted by Crippen LogP contribution is -2.42. The number of phenolic OH excluding ortho intramolecular Hbond substituents is 3. The quantitative estimate of drug-likeness (QED) is 0.127. The van der Waals surface area contributed by atoms with Crippen LogP contribution in [0.5, 0.6) is 23.0 Å². The first-order valence-corrected chi connectivity index (χ1v) is 18.1. The second-order valence-corrected chi connectivity index (χ2v) is 15.4. The molecule has 3 N–H and O–H groups in total. The lowest BCUT2D eigenvalue weighted by atomic mass is 9.72. The molecule has 260 valence electrons. The van der Waals surface area contributed by atoms with E-state index in [1.807, 2.05) is 26.0 Å². The van der Waals surface area contributed by atoms with E-state index in [1.54, 1.807) is 6.07 Å². The number of hydrogen-bond donors (Lipinski definition) is 3. The van der Waals surface area contributed by atoms with Crippen LogP contribution in [0.1, 0.15) is 151 Å². The summed E-state index contributed by atoms with van der Waals surface area (Å²) in [5.41, 5.74) is 5.65. The Morgan fingerprint density at radius 1 is 1.00 bits per heavy atom. The third kappa shape index (κ3) is 7.04. The summed E-state index contributed by atoms with van der Waals surface area (Å²) in [6.45, 7) is 18.6. The zero-order valence-corrected chi connectivity index (χ0v) is 30.2. The summed E-state index contributed by atoms with van der Waals surface area (Å²) in [6.07, 6.45) is 11.8. The number of aromatic hydroxyl groups is 3. The van der Waals surface area contributed by atoms with Gasteiger partial charge in [0.15, 0.2) is 0 Å². The maximum Gasteiger partial charge on any atom is 0.342 e. The van der Waals surface area contributed by atoms with E-state index in [-0.39, 0.29) is 34.6 Å². The van der Waals surface area contributed by atoms with E-state index in [4.69, 9.17) is 9.47 Å². The monoisotopic (exact) mass is 656 g/mol. The van der Waals surface area contributed by atoms with Gasteiger partial charge in [-0.05, 0) is 132 Å². The summed E-state index contributed by atoms with van der Waals surface area (Å²) in [5, 5.41) is 34.7. The average molecular weight is 657 g/mol. The van der Waals surface area contributed by atoms with Gasteiger partial charge in [0.1, 0.15) is 39.8 Å². The highest BCUT2D eigenvalue weighted by Crippen LogP contribution is 2.54. The lowest BCUT2D eigenvalue weighted by Gasteiger charge is -2.44. The molecule has 48 heavy (non-hydrogen) atoms. The van der Waals surface area contributed by atoms with Crippen LogP contribution in [-0.4, -0.2) is 32.5 Å². The van der Waals surface area contributed by atoms with Gasteiger partial charge in [0, 0.05) is 17.9 Å². The molecule has 0 saturated heterocycles. The number of phenols is 3. The Morgan fingerprint density at radius 3 is 2.42 bits per heavy atom. The van der Waals surface area contributed by atoms with Crippen LogP contribution in [0.25, 0.3) is 5.57 Å². The van der Waals surface area contributed by atoms with Crippen molar-refractivity contribution in [1.82, 2.24) is 0 Å². The van der Waals surface area contributed by atoms with E-state index in [1.165, 1.54) is 5.57 Å². The molecule has 6 heteroatoms. The van der Waals surface area contributed by atoms with Gasteiger partial charge in [0.25, 0.3) is 0 Å². The fraction of sp³-hybridized carbons (Fsp3) is 0.548. The molecular weight excluding hydrogens is 600 g/mol. The summed E-state index contributed by atoms with van der Waals surface area (Å²) in [7, 11) is 0. The highest BCUT2D eigenvalue weighted by molar-refractivity contribution is 5.96. The number of rotatable bonds is 11. The molecule has 3 aliphatic rings. The molecule has 1 unspecified atom stereocenters. The molecule has 5 rings (SSSR count). The Kier molecular flexibility index (Phi) is 10.4. The van der Waals surface area contributed by atoms with Gasteiger partial charge in [-0.1, -0.05) is 56.9 Å². The summed E-state index contributed by atoms with van der Waals surface area (Å²) in [6, 6.07) is 5.56. The van der Waals surface area contributed by atoms with Gasteiger partial charge in [-0.25, -0.2) is 4.79 Å². The summed E-state index contributed by atoms with van der Waals surface area (Å²) in [4.78, 5) is 14.4. The topological polar surface area (TPSA) is 96.2 Å². The first-order chi connectivity index (χ1) is 22.7. The van der Waals surface area contributed by atoms with Crippen molar-refractivity contribution in [3.63, 3.8) is 0 Å². The fourth-order valence-electron chi connectivity index (χ4n) is 8.22. The second-order valence-electron chi connectivity index (χ2n) is 15.4. The largest absolute Gasteiger partial charge is 0.507 e. The standard InChI is InChI=1S/C42H56O6/c1-9-11-13-15-28-23-34(44)38(30-20-26(5)16-17-29(30)25(3)4)39(45)36(28)40(46)48-42(8)19-18-32-31(24-42)37-33(43)21-27(14-12-10-2)22-35(37)47-41(32,6)7/h20-23,29-30,43-45H,3,9-19,24H2,1-2,4-8H3/t29-,30+,42?/m0/s1. The van der Waals surface area contributed by atoms with Crippen LogP contribution in [0, 0.1) is 5.92 Å². The van der Waals surface area contributed by atoms with Gasteiger partial charge in [-0.3, -0.25) is 0 Å². The first-order valence-electron chi connectivity index (χ1n) is 18.1. The highest BCUT2D eigenvalue weighted by atomic mass is 16.6. The predicted molar refractivity (Wildman–Crippen MR) is 193 cm³/mol. The zero-order valence-electron chi connectivity index (χ0n) is 30.2. The zero-order chi connectivity index (χ0) is 35.0. The van der Waals surface area contributed by atoms with Gasteiger partial charge in [-0.15, -0.1) is 0 Å². The summed E-state index contributed by atoms with van der Waals surface area (Å²) >= 11 is 0. The van der Waals surface area contributed by atoms with Crippen LogP contribution >= 0.6 is 0 Å². The molecule has 1 heterocycles. The molecule has 1 aliphatic heterocycles. The number of carbonyl (C=O) groups excluding carboxylic acids is 1. The van der Waals surface area contributed by atoms with Crippen molar-refractivity contribution < 1.29 is 29.6 Å². The van der Waals surface area contributed by atoms with Crippen molar-refractivity contribution in [3.8, 4) is 23.0 Å². The Balaban J connectivity index is 1.53. The Labute approximate surface area is 287 Å². The minimum Gasteiger partial charge on any atom is -0.507 e. The van der Waals surface area contributed by atoms with Gasteiger partial charge in [0.2, 0.25) is 0 Å². The number of unbranched alkanes of at least 4 members (excludes halogenated alkanes) is 3. The SMILES string of the molecule is C=C(C)[C@@H]1CCC(C)=C[C@H]1c1c(O)cc(CCCCC)c(C(=O)OC2(C)CCC3=C(C2)c2c(O)cc(CCCC)cc2OC3(C)C)c1O. The predicted octanol–water partition coefficient (Wildman–Crippen LogP) is 10.6. The lowest BCUT2D eigenvalue weighted by molar-refractivity contribution is -0.0153. The summed E-state index contributed by atoms with van der Waals surface area (Å²) < 4.78 is 13.0. The smallest absolute Gasteiger partial charge is 0.342 e. The molecular formula is C42H56O6. The number of esters is 1. The van der Waals surface area contributed by atoms with E-state index < -0.39 is 17.2 Å². The van der Waals surface area contributed by atoms with Crippen LogP contribution in [0.3, 0.4) is 0 Å². The number of hydrogen-bond acceptors (Lipinski definition) is 6. The van der Waals surface area contributed by atoms with Gasteiger partial charge < -0.3 is 24.8 Å². The van der Waals surface area contributed by atoms with Crippen LogP contribution in [-0.2, 0) is 17.6 Å². The van der Waals surface area contributed by atoms with Crippen LogP contribution in [0.2, 0.25) is 0 Å². The normalized spacial score (nSPS) is 23.1. The highest BCUT2D eigenvalue weighted by Gasteiger charge is 2.45. The Morgan fingerprint density at radius 2 is 1.73 bits per heavy atom. The molecule has 0 radical (unpaired) electrons. The van der Waals surface area contributed by atoms with Gasteiger partial charge in [0.05, 0.1) is 5.56 Å². The number of fused-ring (bicyclic) bond motifs is 2. The van der Waals surface area contributed by atoms with Gasteiger partial charge >= 0.3 is 5.97 Å². The molecule has 0 spiro atoms. The maximum atomic E-state index is 14.4. The van der Waals surface area contributed by atoms with E-state index >= 15 is 0 Å². The minimum absolute atomic E-state index is 0.00579. The molecule has 2 aliphatic carbocycles. The molecule has 2 aromatic carbocycles. The van der Waals surface area contributed by atoms with Crippen LogP contribution in [0.15, 0.2) is 47.6 Å². The number of aryl methyl sites for hydroxylation is 2. The minimum atomic E-state index is -0.888. The Bertz CT molecular complexity index is 1640. The van der Waals surface area contributed by atoms with E-state index in [2.05, 4.69) is 47.3 Å². The van der Waals surface area contributed by atoms with Crippen molar-refractivity contribution in [2.45, 2.75) is 143 Å². The van der Waals surface area contributed by atoms with Crippen molar-refractivity contribution in [3.05, 3.63) is 75.4 Å². The van der Waals surface area contributed by atoms with E-state index in [9.17, 15) is 20.1 Å². The number of ether oxygens (including phenoxy) is 2. The van der Waals surface area contributed by atoms with Crippen molar-refractivity contribution in [1.29, 1.82) is 0 Å². The number of allylic oxidation sites excluding steroid dienone is 3. The van der Waals surface area contributed by atoms with Crippen LogP contribution < -0.4 is 4.74 Å². The molecule has 0 aromatic heterocycles. The van der Waals surface area contributed by atoms with Crippen molar-refractivity contribution >= 4 is 11.5 Å². The van der Waals surface area contributed by atoms with Gasteiger partial charge in [-0.2, -0.15) is 0 Å². The van der Waals surface area contributed by atoms with E-state index in [0.29, 0.717) is 48.1 Å². The van der Waals surface area contributed by atoms with E-state index in [0.717, 1.165) is 73.6 Å². The molecule has 0 bridgehead atoms. The van der Waals surface area contributed by atoms with Crippen molar-refractivity contribution in [2.75, 3.05) is 0 Å². The fourth-order valence-corrected chi connectivity index (χ4v) is 8.22. The summed E-state index contributed by atoms with van der Waals surface area (Å²) in [5.74, 6) is -0.165. The van der Waals surface area contributed by atoms with Crippen LogP contribution in [0.4, 0.5) is 0 Å². The molecule has 2 aromatic rings. The molecule has 6 nitrogen and oxygen atoms in total. The molecule has 0 fully saturated rings. The number of carbonyl (C=O) groups is 1. The van der Waals surface area contributed by atoms with Crippen molar-refractivity contribution in [2.24, 2.45) is 5.92 Å². The molecule has 0 saturated carbocycles. The Hall–Kier alpha value is -3.67. The maximum absolute atomic E-state index is 14.4. The average Bonchev–Trinajstić information content (AvgIpc) is 2.99.